The van der Waals surface area contributed by atoms with E-state index in [9.17, 15) is 4.79 Å². The molecule has 0 saturated heterocycles. The quantitative estimate of drug-likeness (QED) is 0.596. The summed E-state index contributed by atoms with van der Waals surface area (Å²) in [6.45, 7) is 0. The highest BCUT2D eigenvalue weighted by molar-refractivity contribution is 5.73. The molecule has 16 heavy (non-hydrogen) atoms. The molecule has 0 aromatic carbocycles. The van der Waals surface area contributed by atoms with Crippen molar-refractivity contribution < 1.29 is 9.90 Å². The Bertz CT molecular complexity index is 475. The van der Waals surface area contributed by atoms with E-state index >= 15 is 0 Å². The van der Waals surface area contributed by atoms with Crippen molar-refractivity contribution in [2.45, 2.75) is 12.5 Å². The molecule has 0 aliphatic rings. The standard InChI is InChI=1S/C10H12N4O2/c11-6(10(15)16)4-9-13-5-8(14-9)7-2-1-3-12-7/h1-3,5-6,12H,4,11H2,(H,13,14)(H,15,16). The van der Waals surface area contributed by atoms with E-state index in [1.807, 2.05) is 12.1 Å². The number of aromatic amines is 2. The van der Waals surface area contributed by atoms with Gasteiger partial charge in [-0.25, -0.2) is 4.98 Å². The molecule has 2 heterocycles. The molecule has 1 unspecified atom stereocenters. The predicted octanol–water partition coefficient (Wildman–Crippen LogP) is 0.359. The number of hydrogen-bond acceptors (Lipinski definition) is 3. The van der Waals surface area contributed by atoms with Crippen LogP contribution in [0.3, 0.4) is 0 Å². The summed E-state index contributed by atoms with van der Waals surface area (Å²) in [7, 11) is 0. The fourth-order valence-corrected chi connectivity index (χ4v) is 1.40. The van der Waals surface area contributed by atoms with Crippen molar-refractivity contribution in [3.05, 3.63) is 30.4 Å². The van der Waals surface area contributed by atoms with Gasteiger partial charge in [-0.2, -0.15) is 0 Å². The lowest BCUT2D eigenvalue weighted by Gasteiger charge is -2.02. The summed E-state index contributed by atoms with van der Waals surface area (Å²) < 4.78 is 0. The van der Waals surface area contributed by atoms with Crippen LogP contribution in [0.25, 0.3) is 11.4 Å². The zero-order valence-electron chi connectivity index (χ0n) is 8.47. The van der Waals surface area contributed by atoms with Gasteiger partial charge in [-0.1, -0.05) is 0 Å². The van der Waals surface area contributed by atoms with Gasteiger partial charge in [0.1, 0.15) is 11.9 Å². The average molecular weight is 220 g/mol. The van der Waals surface area contributed by atoms with E-state index in [4.69, 9.17) is 10.8 Å². The molecule has 2 aromatic heterocycles. The summed E-state index contributed by atoms with van der Waals surface area (Å²) in [6.07, 6.45) is 3.64. The first-order valence-corrected chi connectivity index (χ1v) is 4.83. The number of nitrogens with zero attached hydrogens (tertiary/aromatic N) is 1. The molecule has 6 nitrogen and oxygen atoms in total. The Morgan fingerprint density at radius 2 is 2.38 bits per heavy atom. The van der Waals surface area contributed by atoms with Crippen molar-refractivity contribution in [3.8, 4) is 11.4 Å². The molecule has 0 aliphatic heterocycles. The van der Waals surface area contributed by atoms with Gasteiger partial charge in [-0.15, -0.1) is 0 Å². The van der Waals surface area contributed by atoms with Gasteiger partial charge in [0, 0.05) is 12.6 Å². The number of carboxylic acids is 1. The number of hydrogen-bond donors (Lipinski definition) is 4. The maximum absolute atomic E-state index is 10.6. The molecule has 2 rings (SSSR count). The lowest BCUT2D eigenvalue weighted by atomic mass is 10.2. The maximum Gasteiger partial charge on any atom is 0.320 e. The highest BCUT2D eigenvalue weighted by Crippen LogP contribution is 2.14. The summed E-state index contributed by atoms with van der Waals surface area (Å²) in [5.74, 6) is -0.461. The zero-order chi connectivity index (χ0) is 11.5. The maximum atomic E-state index is 10.6. The molecular weight excluding hydrogens is 208 g/mol. The van der Waals surface area contributed by atoms with E-state index < -0.39 is 12.0 Å². The Morgan fingerprint density at radius 1 is 1.56 bits per heavy atom. The van der Waals surface area contributed by atoms with Crippen LogP contribution in [0.15, 0.2) is 24.5 Å². The van der Waals surface area contributed by atoms with E-state index in [-0.39, 0.29) is 6.42 Å². The molecule has 0 bridgehead atoms. The number of nitrogens with one attached hydrogen (secondary N) is 2. The van der Waals surface area contributed by atoms with Crippen LogP contribution < -0.4 is 5.73 Å². The monoisotopic (exact) mass is 220 g/mol. The van der Waals surface area contributed by atoms with Gasteiger partial charge in [0.25, 0.3) is 0 Å². The normalized spacial score (nSPS) is 12.6. The molecule has 0 fully saturated rings. The first kappa shape index (κ1) is 10.4. The van der Waals surface area contributed by atoms with Crippen molar-refractivity contribution >= 4 is 5.97 Å². The number of carbonyl (C=O) groups is 1. The molecule has 0 radical (unpaired) electrons. The molecule has 0 aliphatic carbocycles. The van der Waals surface area contributed by atoms with Crippen LogP contribution in [0.5, 0.6) is 0 Å². The Morgan fingerprint density at radius 3 is 3.00 bits per heavy atom. The summed E-state index contributed by atoms with van der Waals surface area (Å²) in [5, 5.41) is 8.66. The molecule has 6 heteroatoms. The number of carboxylic acid groups (broad SMARTS) is 1. The number of imidazole rings is 1. The third-order valence-corrected chi connectivity index (χ3v) is 2.25. The largest absolute Gasteiger partial charge is 0.480 e. The topological polar surface area (TPSA) is 108 Å². The Hall–Kier alpha value is -2.08. The summed E-state index contributed by atoms with van der Waals surface area (Å²) >= 11 is 0. The van der Waals surface area contributed by atoms with E-state index in [2.05, 4.69) is 15.0 Å². The zero-order valence-corrected chi connectivity index (χ0v) is 8.47. The Balaban J connectivity index is 2.11. The van der Waals surface area contributed by atoms with Gasteiger partial charge in [-0.05, 0) is 12.1 Å². The second-order valence-electron chi connectivity index (χ2n) is 3.48. The van der Waals surface area contributed by atoms with Gasteiger partial charge >= 0.3 is 5.97 Å². The molecule has 0 spiro atoms. The minimum Gasteiger partial charge on any atom is -0.480 e. The Kier molecular flexibility index (Phi) is 2.74. The first-order chi connectivity index (χ1) is 7.66. The van der Waals surface area contributed by atoms with Crippen molar-refractivity contribution in [3.63, 3.8) is 0 Å². The lowest BCUT2D eigenvalue weighted by molar-refractivity contribution is -0.138. The van der Waals surface area contributed by atoms with Crippen molar-refractivity contribution in [1.29, 1.82) is 0 Å². The molecule has 5 N–H and O–H groups in total. The minimum absolute atomic E-state index is 0.191. The molecule has 2 aromatic rings. The van der Waals surface area contributed by atoms with Crippen LogP contribution in [0.2, 0.25) is 0 Å². The second-order valence-corrected chi connectivity index (χ2v) is 3.48. The van der Waals surface area contributed by atoms with E-state index in [1.54, 1.807) is 12.4 Å². The highest BCUT2D eigenvalue weighted by Gasteiger charge is 2.14. The van der Waals surface area contributed by atoms with Gasteiger partial charge in [0.05, 0.1) is 17.6 Å². The SMILES string of the molecule is NC(Cc1ncc(-c2ccc[nH]2)[nH]1)C(=O)O. The predicted molar refractivity (Wildman–Crippen MR) is 57.7 cm³/mol. The number of nitrogens with two attached hydrogens (primary N) is 1. The molecule has 84 valence electrons. The second kappa shape index (κ2) is 4.19. The van der Waals surface area contributed by atoms with Crippen LogP contribution in [0.1, 0.15) is 5.82 Å². The third-order valence-electron chi connectivity index (χ3n) is 2.25. The summed E-state index contributed by atoms with van der Waals surface area (Å²) in [6, 6.07) is 2.84. The van der Waals surface area contributed by atoms with Gasteiger partial charge in [-0.3, -0.25) is 4.79 Å². The van der Waals surface area contributed by atoms with Crippen LogP contribution in [-0.2, 0) is 11.2 Å². The van der Waals surface area contributed by atoms with Crippen LogP contribution in [0, 0.1) is 0 Å². The highest BCUT2D eigenvalue weighted by atomic mass is 16.4. The minimum atomic E-state index is -1.03. The first-order valence-electron chi connectivity index (χ1n) is 4.83. The van der Waals surface area contributed by atoms with Crippen molar-refractivity contribution in [2.75, 3.05) is 0 Å². The molecule has 0 saturated carbocycles. The van der Waals surface area contributed by atoms with E-state index in [0.717, 1.165) is 11.4 Å². The van der Waals surface area contributed by atoms with Gasteiger partial charge in [0.2, 0.25) is 0 Å². The number of aromatic nitrogens is 3. The number of aliphatic carboxylic acids is 1. The van der Waals surface area contributed by atoms with Gasteiger partial charge in [0.15, 0.2) is 0 Å². The van der Waals surface area contributed by atoms with Crippen molar-refractivity contribution in [2.24, 2.45) is 5.73 Å². The van der Waals surface area contributed by atoms with E-state index in [1.165, 1.54) is 0 Å². The molecular formula is C10H12N4O2. The number of rotatable bonds is 4. The van der Waals surface area contributed by atoms with Crippen LogP contribution in [-0.4, -0.2) is 32.1 Å². The van der Waals surface area contributed by atoms with E-state index in [0.29, 0.717) is 5.82 Å². The van der Waals surface area contributed by atoms with Crippen LogP contribution in [0.4, 0.5) is 0 Å². The Labute approximate surface area is 91.5 Å². The smallest absolute Gasteiger partial charge is 0.320 e. The molecule has 0 amide bonds. The summed E-state index contributed by atoms with van der Waals surface area (Å²) in [4.78, 5) is 20.7. The fourth-order valence-electron chi connectivity index (χ4n) is 1.40. The van der Waals surface area contributed by atoms with Crippen molar-refractivity contribution in [1.82, 2.24) is 15.0 Å². The molecule has 1 atom stereocenters. The number of H-pyrrole nitrogens is 2. The summed E-state index contributed by atoms with van der Waals surface area (Å²) in [5.41, 5.74) is 7.13. The third kappa shape index (κ3) is 2.12. The lowest BCUT2D eigenvalue weighted by Crippen LogP contribution is -2.32. The van der Waals surface area contributed by atoms with Crippen LogP contribution >= 0.6 is 0 Å². The fraction of sp³-hybridized carbons (Fsp3) is 0.200. The van der Waals surface area contributed by atoms with Gasteiger partial charge < -0.3 is 20.8 Å². The average Bonchev–Trinajstić information content (AvgIpc) is 2.85.